The maximum Gasteiger partial charge on any atom is 0.231 e. The van der Waals surface area contributed by atoms with Crippen LogP contribution in [0, 0.1) is 13.8 Å². The van der Waals surface area contributed by atoms with Gasteiger partial charge in [0.15, 0.2) is 11.5 Å². The Labute approximate surface area is 160 Å². The van der Waals surface area contributed by atoms with Crippen LogP contribution < -0.4 is 9.47 Å². The number of hydrogen-bond acceptors (Lipinski definition) is 4. The standard InChI is InChI=1S/C23H24N2O2/c1-17-3-5-19(6-4-17)13-25(14-20-7-9-24-10-8-20)15-21-12-23-22(11-18(21)2)26-16-27-23/h3-12H,13-16H2,1-2H3. The van der Waals surface area contributed by atoms with Crippen molar-refractivity contribution in [2.24, 2.45) is 0 Å². The van der Waals surface area contributed by atoms with Crippen molar-refractivity contribution < 1.29 is 9.47 Å². The minimum Gasteiger partial charge on any atom is -0.454 e. The van der Waals surface area contributed by atoms with E-state index in [9.17, 15) is 0 Å². The van der Waals surface area contributed by atoms with E-state index >= 15 is 0 Å². The highest BCUT2D eigenvalue weighted by molar-refractivity contribution is 5.48. The van der Waals surface area contributed by atoms with Crippen molar-refractivity contribution in [2.45, 2.75) is 33.5 Å². The zero-order valence-corrected chi connectivity index (χ0v) is 15.8. The van der Waals surface area contributed by atoms with Gasteiger partial charge in [-0.15, -0.1) is 0 Å². The quantitative estimate of drug-likeness (QED) is 0.642. The average Bonchev–Trinajstić information content (AvgIpc) is 3.12. The summed E-state index contributed by atoms with van der Waals surface area (Å²) in [5.74, 6) is 1.69. The van der Waals surface area contributed by atoms with Gasteiger partial charge in [-0.3, -0.25) is 9.88 Å². The number of rotatable bonds is 6. The molecule has 3 aromatic rings. The van der Waals surface area contributed by atoms with E-state index in [1.165, 1.54) is 27.8 Å². The van der Waals surface area contributed by atoms with Crippen LogP contribution in [0.4, 0.5) is 0 Å². The summed E-state index contributed by atoms with van der Waals surface area (Å²) in [7, 11) is 0. The Hall–Kier alpha value is -2.85. The summed E-state index contributed by atoms with van der Waals surface area (Å²) in [6.07, 6.45) is 3.70. The van der Waals surface area contributed by atoms with Gasteiger partial charge in [0.1, 0.15) is 0 Å². The molecule has 27 heavy (non-hydrogen) atoms. The summed E-state index contributed by atoms with van der Waals surface area (Å²) in [6, 6.07) is 17.1. The van der Waals surface area contributed by atoms with Crippen LogP contribution >= 0.6 is 0 Å². The molecule has 0 radical (unpaired) electrons. The van der Waals surface area contributed by atoms with E-state index in [4.69, 9.17) is 9.47 Å². The van der Waals surface area contributed by atoms with Crippen LogP contribution in [0.25, 0.3) is 0 Å². The van der Waals surface area contributed by atoms with Crippen molar-refractivity contribution in [2.75, 3.05) is 6.79 Å². The Morgan fingerprint density at radius 2 is 1.44 bits per heavy atom. The summed E-state index contributed by atoms with van der Waals surface area (Å²) in [4.78, 5) is 6.58. The van der Waals surface area contributed by atoms with Crippen molar-refractivity contribution in [3.05, 3.63) is 88.7 Å². The summed E-state index contributed by atoms with van der Waals surface area (Å²) in [6.45, 7) is 7.16. The fourth-order valence-corrected chi connectivity index (χ4v) is 3.36. The van der Waals surface area contributed by atoms with Crippen molar-refractivity contribution in [3.63, 3.8) is 0 Å². The number of benzene rings is 2. The molecule has 2 heterocycles. The molecular weight excluding hydrogens is 336 g/mol. The molecule has 1 aliphatic heterocycles. The van der Waals surface area contributed by atoms with Gasteiger partial charge in [0.2, 0.25) is 6.79 Å². The molecule has 4 nitrogen and oxygen atoms in total. The van der Waals surface area contributed by atoms with Gasteiger partial charge in [-0.2, -0.15) is 0 Å². The van der Waals surface area contributed by atoms with Crippen LogP contribution in [0.5, 0.6) is 11.5 Å². The predicted octanol–water partition coefficient (Wildman–Crippen LogP) is 4.63. The topological polar surface area (TPSA) is 34.6 Å². The number of nitrogens with zero attached hydrogens (tertiary/aromatic N) is 2. The van der Waals surface area contributed by atoms with Gasteiger partial charge in [-0.25, -0.2) is 0 Å². The Bertz CT molecular complexity index is 908. The second-order valence-corrected chi connectivity index (χ2v) is 7.12. The molecule has 0 N–H and O–H groups in total. The monoisotopic (exact) mass is 360 g/mol. The van der Waals surface area contributed by atoms with Gasteiger partial charge in [-0.05, 0) is 60.4 Å². The third-order valence-corrected chi connectivity index (χ3v) is 4.91. The summed E-state index contributed by atoms with van der Waals surface area (Å²) in [5, 5.41) is 0. The molecule has 4 heteroatoms. The maximum absolute atomic E-state index is 5.58. The molecule has 0 bridgehead atoms. The highest BCUT2D eigenvalue weighted by Gasteiger charge is 2.17. The fraction of sp³-hybridized carbons (Fsp3) is 0.261. The minimum atomic E-state index is 0.308. The first-order valence-corrected chi connectivity index (χ1v) is 9.23. The first-order chi connectivity index (χ1) is 13.2. The number of aryl methyl sites for hydroxylation is 2. The zero-order chi connectivity index (χ0) is 18.6. The molecule has 0 saturated carbocycles. The van der Waals surface area contributed by atoms with E-state index < -0.39 is 0 Å². The van der Waals surface area contributed by atoms with Crippen LogP contribution in [-0.4, -0.2) is 16.7 Å². The zero-order valence-electron chi connectivity index (χ0n) is 15.8. The average molecular weight is 360 g/mol. The summed E-state index contributed by atoms with van der Waals surface area (Å²) < 4.78 is 11.1. The van der Waals surface area contributed by atoms with Crippen LogP contribution in [0.15, 0.2) is 60.9 Å². The molecule has 0 aliphatic carbocycles. The van der Waals surface area contributed by atoms with Gasteiger partial charge in [0, 0.05) is 32.0 Å². The number of ether oxygens (including phenoxy) is 2. The Kier molecular flexibility index (Phi) is 5.07. The van der Waals surface area contributed by atoms with Gasteiger partial charge in [0.05, 0.1) is 0 Å². The molecule has 0 amide bonds. The number of hydrogen-bond donors (Lipinski definition) is 0. The Balaban J connectivity index is 1.58. The van der Waals surface area contributed by atoms with Crippen molar-refractivity contribution in [1.82, 2.24) is 9.88 Å². The van der Waals surface area contributed by atoms with Gasteiger partial charge >= 0.3 is 0 Å². The molecule has 0 atom stereocenters. The number of aromatic nitrogens is 1. The molecule has 1 aromatic heterocycles. The normalized spacial score (nSPS) is 12.6. The van der Waals surface area contributed by atoms with Crippen LogP contribution in [0.3, 0.4) is 0 Å². The van der Waals surface area contributed by atoms with Crippen LogP contribution in [-0.2, 0) is 19.6 Å². The minimum absolute atomic E-state index is 0.308. The van der Waals surface area contributed by atoms with Gasteiger partial charge in [0.25, 0.3) is 0 Å². The fourth-order valence-electron chi connectivity index (χ4n) is 3.36. The second-order valence-electron chi connectivity index (χ2n) is 7.12. The molecule has 0 unspecified atom stereocenters. The SMILES string of the molecule is Cc1ccc(CN(Cc2ccncc2)Cc2cc3c(cc2C)OCO3)cc1. The molecule has 4 rings (SSSR count). The van der Waals surface area contributed by atoms with E-state index in [0.29, 0.717) is 6.79 Å². The maximum atomic E-state index is 5.58. The molecule has 2 aromatic carbocycles. The summed E-state index contributed by atoms with van der Waals surface area (Å²) in [5.41, 5.74) is 6.35. The van der Waals surface area contributed by atoms with Crippen molar-refractivity contribution in [3.8, 4) is 11.5 Å². The highest BCUT2D eigenvalue weighted by atomic mass is 16.7. The van der Waals surface area contributed by atoms with Crippen molar-refractivity contribution >= 4 is 0 Å². The molecule has 1 aliphatic rings. The van der Waals surface area contributed by atoms with E-state index in [2.05, 4.69) is 72.3 Å². The molecule has 0 fully saturated rings. The number of pyridine rings is 1. The van der Waals surface area contributed by atoms with E-state index in [0.717, 1.165) is 31.1 Å². The third kappa shape index (κ3) is 4.29. The van der Waals surface area contributed by atoms with Gasteiger partial charge < -0.3 is 9.47 Å². The first kappa shape index (κ1) is 17.6. The third-order valence-electron chi connectivity index (χ3n) is 4.91. The first-order valence-electron chi connectivity index (χ1n) is 9.23. The summed E-state index contributed by atoms with van der Waals surface area (Å²) >= 11 is 0. The largest absolute Gasteiger partial charge is 0.454 e. The lowest BCUT2D eigenvalue weighted by atomic mass is 10.1. The van der Waals surface area contributed by atoms with E-state index in [-0.39, 0.29) is 0 Å². The molecule has 0 saturated heterocycles. The van der Waals surface area contributed by atoms with Gasteiger partial charge in [-0.1, -0.05) is 29.8 Å². The Morgan fingerprint density at radius 3 is 2.15 bits per heavy atom. The van der Waals surface area contributed by atoms with Crippen molar-refractivity contribution in [1.29, 1.82) is 0 Å². The highest BCUT2D eigenvalue weighted by Crippen LogP contribution is 2.35. The Morgan fingerprint density at radius 1 is 0.815 bits per heavy atom. The molecular formula is C23H24N2O2. The van der Waals surface area contributed by atoms with E-state index in [1.54, 1.807) is 0 Å². The van der Waals surface area contributed by atoms with E-state index in [1.807, 2.05) is 12.4 Å². The predicted molar refractivity (Wildman–Crippen MR) is 106 cm³/mol. The molecule has 0 spiro atoms. The lowest BCUT2D eigenvalue weighted by molar-refractivity contribution is 0.174. The number of fused-ring (bicyclic) bond motifs is 1. The van der Waals surface area contributed by atoms with Crippen LogP contribution in [0.1, 0.15) is 27.8 Å². The lowest BCUT2D eigenvalue weighted by Crippen LogP contribution is -2.23. The molecule has 138 valence electrons. The lowest BCUT2D eigenvalue weighted by Gasteiger charge is -2.24. The van der Waals surface area contributed by atoms with Crippen LogP contribution in [0.2, 0.25) is 0 Å². The smallest absolute Gasteiger partial charge is 0.231 e. The second kappa shape index (κ2) is 7.80.